The topological polar surface area (TPSA) is 73.0 Å². The summed E-state index contributed by atoms with van der Waals surface area (Å²) in [6.45, 7) is 9.49. The molecule has 2 aliphatic heterocycles. The van der Waals surface area contributed by atoms with Gasteiger partial charge < -0.3 is 10.2 Å². The highest BCUT2D eigenvalue weighted by Gasteiger charge is 2.45. The average molecular weight is 358 g/mol. The van der Waals surface area contributed by atoms with Crippen molar-refractivity contribution in [1.82, 2.24) is 9.80 Å². The Morgan fingerprint density at radius 2 is 1.73 bits per heavy atom. The van der Waals surface area contributed by atoms with E-state index in [9.17, 15) is 14.4 Å². The lowest BCUT2D eigenvalue weighted by molar-refractivity contribution is -0.133. The summed E-state index contributed by atoms with van der Waals surface area (Å²) in [6.07, 6.45) is 0. The first-order valence-corrected chi connectivity index (χ1v) is 8.97. The molecule has 1 saturated heterocycles. The van der Waals surface area contributed by atoms with Crippen LogP contribution < -0.4 is 10.2 Å². The van der Waals surface area contributed by atoms with E-state index in [1.165, 1.54) is 0 Å². The van der Waals surface area contributed by atoms with Crippen molar-refractivity contribution in [2.45, 2.75) is 39.3 Å². The quantitative estimate of drug-likeness (QED) is 0.865. The van der Waals surface area contributed by atoms with Crippen LogP contribution in [0, 0.1) is 0 Å². The van der Waals surface area contributed by atoms with Crippen LogP contribution in [0.2, 0.25) is 0 Å². The van der Waals surface area contributed by atoms with Gasteiger partial charge in [-0.25, -0.2) is 0 Å². The smallest absolute Gasteiger partial charge is 0.250 e. The lowest BCUT2D eigenvalue weighted by Crippen LogP contribution is -2.63. The van der Waals surface area contributed by atoms with Crippen molar-refractivity contribution in [1.29, 1.82) is 0 Å². The maximum Gasteiger partial charge on any atom is 0.250 e. The lowest BCUT2D eigenvalue weighted by atomic mass is 9.95. The van der Waals surface area contributed by atoms with E-state index in [1.807, 2.05) is 25.1 Å². The third kappa shape index (κ3) is 3.07. The standard InChI is InChI=1S/C19H26N4O3/c1-13(21-9-11-22(12-10-21)14(2)24)17(25)23-16-8-6-5-7-15(16)20-18(26)19(23,3)4/h5-8,13H,9-12H2,1-4H3,(H,20,26)/t13-/m0/s1. The third-order valence-electron chi connectivity index (χ3n) is 5.39. The molecule has 0 aliphatic carbocycles. The van der Waals surface area contributed by atoms with E-state index in [1.54, 1.807) is 36.6 Å². The summed E-state index contributed by atoms with van der Waals surface area (Å²) in [5.74, 6) is -0.238. The molecule has 140 valence electrons. The van der Waals surface area contributed by atoms with Gasteiger partial charge in [-0.05, 0) is 32.9 Å². The molecule has 0 bridgehead atoms. The molecule has 7 nitrogen and oxygen atoms in total. The summed E-state index contributed by atoms with van der Waals surface area (Å²) in [5, 5.41) is 2.88. The minimum absolute atomic E-state index is 0.0615. The highest BCUT2D eigenvalue weighted by Crippen LogP contribution is 2.37. The summed E-state index contributed by atoms with van der Waals surface area (Å²) in [6, 6.07) is 6.99. The van der Waals surface area contributed by atoms with Gasteiger partial charge in [0, 0.05) is 33.1 Å². The van der Waals surface area contributed by atoms with E-state index >= 15 is 0 Å². The number of nitrogens with zero attached hydrogens (tertiary/aromatic N) is 3. The van der Waals surface area contributed by atoms with Gasteiger partial charge in [0.25, 0.3) is 0 Å². The molecule has 3 rings (SSSR count). The van der Waals surface area contributed by atoms with Crippen molar-refractivity contribution < 1.29 is 14.4 Å². The monoisotopic (exact) mass is 358 g/mol. The van der Waals surface area contributed by atoms with E-state index in [0.717, 1.165) is 5.69 Å². The predicted molar refractivity (Wildman–Crippen MR) is 99.9 cm³/mol. The molecule has 0 radical (unpaired) electrons. The Labute approximate surface area is 153 Å². The number of rotatable bonds is 2. The number of para-hydroxylation sites is 2. The molecule has 3 amide bonds. The van der Waals surface area contributed by atoms with Crippen molar-refractivity contribution >= 4 is 29.1 Å². The minimum Gasteiger partial charge on any atom is -0.340 e. The van der Waals surface area contributed by atoms with Gasteiger partial charge in [-0.1, -0.05) is 12.1 Å². The van der Waals surface area contributed by atoms with Crippen molar-refractivity contribution in [2.24, 2.45) is 0 Å². The van der Waals surface area contributed by atoms with Crippen LogP contribution in [0.1, 0.15) is 27.7 Å². The summed E-state index contributed by atoms with van der Waals surface area (Å²) in [5.41, 5.74) is 0.399. The molecule has 1 N–H and O–H groups in total. The van der Waals surface area contributed by atoms with Crippen molar-refractivity contribution in [3.8, 4) is 0 Å². The highest BCUT2D eigenvalue weighted by molar-refractivity contribution is 6.15. The zero-order valence-corrected chi connectivity index (χ0v) is 15.8. The number of amides is 3. The van der Waals surface area contributed by atoms with Gasteiger partial charge in [0.2, 0.25) is 17.7 Å². The largest absolute Gasteiger partial charge is 0.340 e. The Bertz CT molecular complexity index is 738. The molecule has 7 heteroatoms. The number of anilines is 2. The SMILES string of the molecule is CC(=O)N1CCN([C@@H](C)C(=O)N2c3ccccc3NC(=O)C2(C)C)CC1. The number of hydrogen-bond acceptors (Lipinski definition) is 4. The van der Waals surface area contributed by atoms with Gasteiger partial charge in [-0.15, -0.1) is 0 Å². The van der Waals surface area contributed by atoms with Gasteiger partial charge in [0.05, 0.1) is 17.4 Å². The Hall–Kier alpha value is -2.41. The van der Waals surface area contributed by atoms with Crippen LogP contribution in [-0.4, -0.2) is 65.3 Å². The molecular formula is C19H26N4O3. The molecule has 0 saturated carbocycles. The van der Waals surface area contributed by atoms with Gasteiger partial charge in [-0.2, -0.15) is 0 Å². The fourth-order valence-electron chi connectivity index (χ4n) is 3.61. The molecule has 0 unspecified atom stereocenters. The van der Waals surface area contributed by atoms with Crippen LogP contribution in [0.15, 0.2) is 24.3 Å². The van der Waals surface area contributed by atoms with Crippen LogP contribution in [-0.2, 0) is 14.4 Å². The van der Waals surface area contributed by atoms with E-state index in [4.69, 9.17) is 0 Å². The molecule has 1 fully saturated rings. The average Bonchev–Trinajstić information content (AvgIpc) is 2.61. The predicted octanol–water partition coefficient (Wildman–Crippen LogP) is 1.30. The van der Waals surface area contributed by atoms with Crippen LogP contribution >= 0.6 is 0 Å². The highest BCUT2D eigenvalue weighted by atomic mass is 16.2. The molecular weight excluding hydrogens is 332 g/mol. The molecule has 26 heavy (non-hydrogen) atoms. The number of piperazine rings is 1. The van der Waals surface area contributed by atoms with Crippen LogP contribution in [0.25, 0.3) is 0 Å². The Balaban J connectivity index is 1.84. The van der Waals surface area contributed by atoms with Crippen molar-refractivity contribution in [3.05, 3.63) is 24.3 Å². The number of fused-ring (bicyclic) bond motifs is 1. The Kier molecular flexibility index (Phi) is 4.75. The van der Waals surface area contributed by atoms with Crippen molar-refractivity contribution in [2.75, 3.05) is 36.4 Å². The first-order valence-electron chi connectivity index (χ1n) is 8.97. The minimum atomic E-state index is -0.971. The van der Waals surface area contributed by atoms with Gasteiger partial charge in [0.15, 0.2) is 0 Å². The second kappa shape index (κ2) is 6.72. The summed E-state index contributed by atoms with van der Waals surface area (Å²) < 4.78 is 0. The fourth-order valence-corrected chi connectivity index (χ4v) is 3.61. The van der Waals surface area contributed by atoms with Crippen molar-refractivity contribution in [3.63, 3.8) is 0 Å². The summed E-state index contributed by atoms with van der Waals surface area (Å²) in [4.78, 5) is 42.9. The second-order valence-corrected chi connectivity index (χ2v) is 7.42. The zero-order chi connectivity index (χ0) is 19.1. The third-order valence-corrected chi connectivity index (χ3v) is 5.39. The summed E-state index contributed by atoms with van der Waals surface area (Å²) >= 11 is 0. The number of carbonyl (C=O) groups excluding carboxylic acids is 3. The first-order chi connectivity index (χ1) is 12.2. The van der Waals surface area contributed by atoms with E-state index in [0.29, 0.717) is 31.9 Å². The van der Waals surface area contributed by atoms with Crippen LogP contribution in [0.5, 0.6) is 0 Å². The summed E-state index contributed by atoms with van der Waals surface area (Å²) in [7, 11) is 0. The Morgan fingerprint density at radius 1 is 1.12 bits per heavy atom. The Morgan fingerprint density at radius 3 is 2.35 bits per heavy atom. The van der Waals surface area contributed by atoms with Gasteiger partial charge in [0.1, 0.15) is 5.54 Å². The number of carbonyl (C=O) groups is 3. The molecule has 0 aromatic heterocycles. The lowest BCUT2D eigenvalue weighted by Gasteiger charge is -2.45. The number of nitrogens with one attached hydrogen (secondary N) is 1. The maximum absolute atomic E-state index is 13.4. The number of benzene rings is 1. The van der Waals surface area contributed by atoms with Crippen LogP contribution in [0.3, 0.4) is 0 Å². The van der Waals surface area contributed by atoms with Crippen LogP contribution in [0.4, 0.5) is 11.4 Å². The maximum atomic E-state index is 13.4. The molecule has 1 aromatic rings. The fraction of sp³-hybridized carbons (Fsp3) is 0.526. The molecule has 2 aliphatic rings. The molecule has 1 atom stereocenters. The van der Waals surface area contributed by atoms with Gasteiger partial charge >= 0.3 is 0 Å². The zero-order valence-electron chi connectivity index (χ0n) is 15.8. The van der Waals surface area contributed by atoms with E-state index in [2.05, 4.69) is 10.2 Å². The second-order valence-electron chi connectivity index (χ2n) is 7.42. The van der Waals surface area contributed by atoms with Gasteiger partial charge in [-0.3, -0.25) is 24.2 Å². The number of hydrogen-bond donors (Lipinski definition) is 1. The normalized spacial score (nSPS) is 21.0. The van der Waals surface area contributed by atoms with E-state index < -0.39 is 5.54 Å². The molecule has 0 spiro atoms. The molecule has 2 heterocycles. The van der Waals surface area contributed by atoms with E-state index in [-0.39, 0.29) is 23.8 Å². The first kappa shape index (κ1) is 18.4. The molecule has 1 aromatic carbocycles.